The van der Waals surface area contributed by atoms with Crippen LogP contribution in [-0.4, -0.2) is 42.9 Å². The molecule has 2 aromatic carbocycles. The summed E-state index contributed by atoms with van der Waals surface area (Å²) < 4.78 is 14.2. The molecule has 1 amide bonds. The Morgan fingerprint density at radius 3 is 2.49 bits per heavy atom. The maximum absolute atomic E-state index is 14.2. The third-order valence-electron chi connectivity index (χ3n) is 6.39. The lowest BCUT2D eigenvalue weighted by atomic mass is 9.91. The summed E-state index contributed by atoms with van der Waals surface area (Å²) in [6, 6.07) is 12.4. The minimum Gasteiger partial charge on any atom is -0.378 e. The van der Waals surface area contributed by atoms with Crippen molar-refractivity contribution < 1.29 is 9.18 Å². The molecular formula is C29H42FN3OS. The van der Waals surface area contributed by atoms with Crippen molar-refractivity contribution >= 4 is 29.4 Å². The minimum absolute atomic E-state index is 0.0108. The fourth-order valence-corrected chi connectivity index (χ4v) is 4.76. The molecule has 35 heavy (non-hydrogen) atoms. The Morgan fingerprint density at radius 2 is 1.89 bits per heavy atom. The van der Waals surface area contributed by atoms with Crippen molar-refractivity contribution in [3.05, 3.63) is 64.9 Å². The van der Waals surface area contributed by atoms with Crippen LogP contribution in [-0.2, 0) is 6.42 Å². The molecule has 0 spiro atoms. The highest BCUT2D eigenvalue weighted by molar-refractivity contribution is 7.98. The van der Waals surface area contributed by atoms with Gasteiger partial charge in [0, 0.05) is 42.3 Å². The number of aryl methyl sites for hydroxylation is 1. The molecule has 2 N–H and O–H groups in total. The van der Waals surface area contributed by atoms with Crippen molar-refractivity contribution in [2.45, 2.75) is 70.5 Å². The first-order valence-corrected chi connectivity index (χ1v) is 13.9. The molecule has 1 fully saturated rings. The summed E-state index contributed by atoms with van der Waals surface area (Å²) in [4.78, 5) is 16.2. The molecule has 0 aromatic heterocycles. The van der Waals surface area contributed by atoms with Crippen molar-refractivity contribution in [3.8, 4) is 0 Å². The molecule has 0 aliphatic carbocycles. The molecule has 0 radical (unpaired) electrons. The Bertz CT molecular complexity index is 995. The zero-order valence-corrected chi connectivity index (χ0v) is 23.2. The molecular weight excluding hydrogens is 457 g/mol. The zero-order chi connectivity index (χ0) is 26.0. The first-order chi connectivity index (χ1) is 16.8. The summed E-state index contributed by atoms with van der Waals surface area (Å²) in [6.07, 6.45) is 8.00. The van der Waals surface area contributed by atoms with Gasteiger partial charge in [-0.2, -0.15) is 0 Å². The minimum atomic E-state index is -1.09. The number of hydrogen-bond donors (Lipinski definition) is 2. The van der Waals surface area contributed by atoms with Crippen LogP contribution in [0.25, 0.3) is 6.08 Å². The third kappa shape index (κ3) is 7.76. The number of benzene rings is 2. The number of alkyl halides is 1. The van der Waals surface area contributed by atoms with Gasteiger partial charge in [-0.1, -0.05) is 39.0 Å². The smallest absolute Gasteiger partial charge is 0.251 e. The highest BCUT2D eigenvalue weighted by Gasteiger charge is 2.28. The standard InChI is InChI=1S/C27H36FN3OS.C2H6/c1-6-20-17-22(19(2)30-24-9-7-8-10-25(24)33-5)21(23(18-20)26(32)29-4)11-14-31-15-12-27(3,28)13-16-31;1-2/h7-11,14,17-19,30H,6,12-13,15-16H2,1-5H3,(H,29,32);1-2H3/b14-11+;/t19-;/m1./s1. The molecule has 6 heteroatoms. The van der Waals surface area contributed by atoms with E-state index < -0.39 is 5.67 Å². The summed E-state index contributed by atoms with van der Waals surface area (Å²) in [7, 11) is 1.66. The van der Waals surface area contributed by atoms with E-state index in [9.17, 15) is 9.18 Å². The maximum atomic E-state index is 14.2. The van der Waals surface area contributed by atoms with E-state index >= 15 is 0 Å². The van der Waals surface area contributed by atoms with Crippen molar-refractivity contribution in [1.29, 1.82) is 0 Å². The Balaban J connectivity index is 0.00000210. The zero-order valence-electron chi connectivity index (χ0n) is 22.4. The van der Waals surface area contributed by atoms with Crippen molar-refractivity contribution in [2.24, 2.45) is 0 Å². The summed E-state index contributed by atoms with van der Waals surface area (Å²) in [5.41, 5.74) is 3.76. The first kappa shape index (κ1) is 28.8. The number of halogens is 1. The molecule has 0 bridgehead atoms. The largest absolute Gasteiger partial charge is 0.378 e. The Morgan fingerprint density at radius 1 is 1.23 bits per heavy atom. The number of amides is 1. The SMILES string of the molecule is CC.CCc1cc(C(=O)NC)c(/C=C/N2CCC(C)(F)CC2)c([C@@H](C)Nc2ccccc2SC)c1. The number of para-hydroxylation sites is 1. The van der Waals surface area contributed by atoms with Gasteiger partial charge in [0.05, 0.1) is 0 Å². The molecule has 1 aliphatic heterocycles. The van der Waals surface area contributed by atoms with E-state index in [1.165, 1.54) is 4.90 Å². The second-order valence-corrected chi connectivity index (χ2v) is 9.76. The van der Waals surface area contributed by atoms with Crippen LogP contribution in [0, 0.1) is 0 Å². The Labute approximate surface area is 215 Å². The van der Waals surface area contributed by atoms with Crippen LogP contribution in [0.5, 0.6) is 0 Å². The number of anilines is 1. The van der Waals surface area contributed by atoms with Crippen molar-refractivity contribution in [1.82, 2.24) is 10.2 Å². The lowest BCUT2D eigenvalue weighted by Gasteiger charge is -2.33. The highest BCUT2D eigenvalue weighted by Crippen LogP contribution is 2.32. The molecule has 2 aromatic rings. The van der Waals surface area contributed by atoms with Gasteiger partial charge in [0.15, 0.2) is 0 Å². The number of nitrogens with one attached hydrogen (secondary N) is 2. The predicted octanol–water partition coefficient (Wildman–Crippen LogP) is 7.32. The number of piperidine rings is 1. The number of carbonyl (C=O) groups is 1. The molecule has 1 saturated heterocycles. The molecule has 192 valence electrons. The van der Waals surface area contributed by atoms with E-state index in [0.29, 0.717) is 31.5 Å². The number of likely N-dealkylation sites (tertiary alicyclic amines) is 1. The fraction of sp³-hybridized carbons (Fsp3) is 0.483. The average molecular weight is 500 g/mol. The molecule has 0 saturated carbocycles. The highest BCUT2D eigenvalue weighted by atomic mass is 32.2. The van der Waals surface area contributed by atoms with Crippen LogP contribution < -0.4 is 10.6 Å². The van der Waals surface area contributed by atoms with Gasteiger partial charge in [0.2, 0.25) is 0 Å². The molecule has 0 unspecified atom stereocenters. The number of carbonyl (C=O) groups excluding carboxylic acids is 1. The maximum Gasteiger partial charge on any atom is 0.251 e. The van der Waals surface area contributed by atoms with Gasteiger partial charge in [-0.15, -0.1) is 11.8 Å². The molecule has 1 atom stereocenters. The lowest BCUT2D eigenvalue weighted by Crippen LogP contribution is -2.37. The van der Waals surface area contributed by atoms with Gasteiger partial charge in [0.1, 0.15) is 5.67 Å². The van der Waals surface area contributed by atoms with Crippen LogP contribution in [0.2, 0.25) is 0 Å². The van der Waals surface area contributed by atoms with Crippen LogP contribution >= 0.6 is 11.8 Å². The number of hydrogen-bond acceptors (Lipinski definition) is 4. The number of nitrogens with zero attached hydrogens (tertiary/aromatic N) is 1. The summed E-state index contributed by atoms with van der Waals surface area (Å²) in [5.74, 6) is -0.0992. The normalized spacial score (nSPS) is 15.8. The van der Waals surface area contributed by atoms with Gasteiger partial charge in [-0.25, -0.2) is 4.39 Å². The third-order valence-corrected chi connectivity index (χ3v) is 7.19. The van der Waals surface area contributed by atoms with E-state index in [0.717, 1.165) is 28.8 Å². The molecule has 1 heterocycles. The van der Waals surface area contributed by atoms with Gasteiger partial charge >= 0.3 is 0 Å². The van der Waals surface area contributed by atoms with E-state index in [-0.39, 0.29) is 11.9 Å². The molecule has 1 aliphatic rings. The van der Waals surface area contributed by atoms with Gasteiger partial charge in [-0.05, 0) is 86.5 Å². The Hall–Kier alpha value is -2.47. The second kappa shape index (κ2) is 13.6. The van der Waals surface area contributed by atoms with Gasteiger partial charge in [-0.3, -0.25) is 4.79 Å². The number of thioether (sulfide) groups is 1. The fourth-order valence-electron chi connectivity index (χ4n) is 4.20. The second-order valence-electron chi connectivity index (χ2n) is 8.91. The van der Waals surface area contributed by atoms with Gasteiger partial charge < -0.3 is 15.5 Å². The van der Waals surface area contributed by atoms with E-state index in [2.05, 4.69) is 53.8 Å². The van der Waals surface area contributed by atoms with E-state index in [4.69, 9.17) is 0 Å². The van der Waals surface area contributed by atoms with E-state index in [1.54, 1.807) is 25.7 Å². The van der Waals surface area contributed by atoms with Crippen molar-refractivity contribution in [2.75, 3.05) is 31.7 Å². The van der Waals surface area contributed by atoms with Gasteiger partial charge in [0.25, 0.3) is 5.91 Å². The topological polar surface area (TPSA) is 44.4 Å². The average Bonchev–Trinajstić information content (AvgIpc) is 2.88. The van der Waals surface area contributed by atoms with Crippen LogP contribution in [0.15, 0.2) is 47.5 Å². The predicted molar refractivity (Wildman–Crippen MR) is 150 cm³/mol. The lowest BCUT2D eigenvalue weighted by molar-refractivity contribution is 0.0960. The van der Waals surface area contributed by atoms with Crippen molar-refractivity contribution in [3.63, 3.8) is 0 Å². The summed E-state index contributed by atoms with van der Waals surface area (Å²) in [5, 5.41) is 6.45. The van der Waals surface area contributed by atoms with Crippen LogP contribution in [0.1, 0.15) is 80.6 Å². The number of rotatable bonds is 8. The van der Waals surface area contributed by atoms with E-state index in [1.807, 2.05) is 44.3 Å². The monoisotopic (exact) mass is 499 g/mol. The summed E-state index contributed by atoms with van der Waals surface area (Å²) >= 11 is 1.71. The molecule has 4 nitrogen and oxygen atoms in total. The quantitative estimate of drug-likeness (QED) is 0.373. The summed E-state index contributed by atoms with van der Waals surface area (Å²) in [6.45, 7) is 11.3. The Kier molecular flexibility index (Phi) is 11.2. The van der Waals surface area contributed by atoms with Crippen LogP contribution in [0.4, 0.5) is 10.1 Å². The molecule has 3 rings (SSSR count). The van der Waals surface area contributed by atoms with Crippen LogP contribution in [0.3, 0.4) is 0 Å². The first-order valence-electron chi connectivity index (χ1n) is 12.7.